The van der Waals surface area contributed by atoms with E-state index in [0.717, 1.165) is 65.5 Å². The van der Waals surface area contributed by atoms with Crippen LogP contribution in [0, 0.1) is 13.8 Å². The molecule has 36 heteroatoms. The van der Waals surface area contributed by atoms with Crippen molar-refractivity contribution in [1.29, 1.82) is 0 Å². The Balaban J connectivity index is 0.000000400. The quantitative estimate of drug-likeness (QED) is 0.0105. The molecule has 8 aromatic rings. The van der Waals surface area contributed by atoms with Gasteiger partial charge in [0, 0.05) is 17.4 Å². The Morgan fingerprint density at radius 1 is 0.583 bits per heavy atom. The maximum absolute atomic E-state index is 11.8. The second kappa shape index (κ2) is 42.4. The number of aryl methyl sites for hydroxylation is 2. The fraction of sp³-hybridized carbons (Fsp3) is 0.317. The molecule has 0 radical (unpaired) electrons. The van der Waals surface area contributed by atoms with Crippen LogP contribution in [0.15, 0.2) is 130 Å². The first-order chi connectivity index (χ1) is 44.9. The monoisotopic (exact) mass is 1640 g/mol. The van der Waals surface area contributed by atoms with Gasteiger partial charge in [0.15, 0.2) is 31.2 Å². The van der Waals surface area contributed by atoms with Gasteiger partial charge in [-0.1, -0.05) is 24.3 Å². The third-order valence-electron chi connectivity index (χ3n) is 11.0. The van der Waals surface area contributed by atoms with E-state index in [1.807, 2.05) is 68.4 Å². The van der Waals surface area contributed by atoms with Gasteiger partial charge in [-0.15, -0.1) is 45.3 Å². The molecule has 0 atom stereocenters. The van der Waals surface area contributed by atoms with E-state index >= 15 is 0 Å². The van der Waals surface area contributed by atoms with Gasteiger partial charge in [0.25, 0.3) is 0 Å². The zero-order chi connectivity index (χ0) is 72.7. The average Bonchev–Trinajstić information content (AvgIpc) is 1.66. The average molecular weight is 1650 g/mol. The molecule has 522 valence electrons. The van der Waals surface area contributed by atoms with Crippen LogP contribution in [0.2, 0.25) is 0 Å². The lowest BCUT2D eigenvalue weighted by Crippen LogP contribution is -2.30. The highest BCUT2D eigenvalue weighted by atomic mass is 79.9. The van der Waals surface area contributed by atoms with Gasteiger partial charge in [-0.3, -0.25) is 44.0 Å². The molecular weight excluding hydrogens is 1580 g/mol. The molecule has 0 aliphatic carbocycles. The lowest BCUT2D eigenvalue weighted by Gasteiger charge is -2.05. The highest BCUT2D eigenvalue weighted by molar-refractivity contribution is 9.11. The first-order valence-electron chi connectivity index (χ1n) is 28.0. The number of thiophene rings is 4. The molecule has 0 unspecified atom stereocenters. The molecule has 23 nitrogen and oxygen atoms in total. The summed E-state index contributed by atoms with van der Waals surface area (Å²) in [6.07, 6.45) is -2.58. The summed E-state index contributed by atoms with van der Waals surface area (Å²) in [5.41, 5.74) is 6.65. The van der Waals surface area contributed by atoms with Crippen LogP contribution in [0.3, 0.4) is 0 Å². The number of hydrazine groups is 1. The predicted octanol–water partition coefficient (Wildman–Crippen LogP) is 11.1. The van der Waals surface area contributed by atoms with Gasteiger partial charge >= 0.3 is 37.2 Å². The van der Waals surface area contributed by atoms with Gasteiger partial charge in [0.1, 0.15) is 25.4 Å². The molecule has 0 bridgehead atoms. The number of benzene rings is 2. The fourth-order valence-corrected chi connectivity index (χ4v) is 13.4. The third-order valence-corrected chi connectivity index (χ3v) is 19.4. The number of nitrogens with one attached hydrogen (secondary N) is 1. The molecule has 6 heterocycles. The molecule has 8 rings (SSSR count). The van der Waals surface area contributed by atoms with E-state index in [-0.39, 0.29) is 83.2 Å². The first kappa shape index (κ1) is 85.7. The molecule has 6 aromatic heterocycles. The molecule has 0 saturated carbocycles. The lowest BCUT2D eigenvalue weighted by atomic mass is 9.80. The number of sulfone groups is 2. The number of Topliss-reactive ketones (excluding diaryl/α,β-unsaturated/α-hetero) is 3. The van der Waals surface area contributed by atoms with Crippen LogP contribution < -0.4 is 16.7 Å². The number of hydrogen-bond acceptors (Lipinski definition) is 25. The van der Waals surface area contributed by atoms with Gasteiger partial charge < -0.3 is 29.0 Å². The van der Waals surface area contributed by atoms with Crippen molar-refractivity contribution in [3.63, 3.8) is 0 Å². The van der Waals surface area contributed by atoms with Crippen LogP contribution in [0.25, 0.3) is 31.6 Å². The van der Waals surface area contributed by atoms with E-state index in [2.05, 4.69) is 72.9 Å². The second-order valence-electron chi connectivity index (χ2n) is 19.0. The molecular formula is C60H69BBr3F3N6O17S6. The summed E-state index contributed by atoms with van der Waals surface area (Å²) in [6.45, 7) is 14.5. The fourth-order valence-electron chi connectivity index (χ4n) is 7.04. The van der Waals surface area contributed by atoms with E-state index in [1.165, 1.54) is 78.4 Å². The minimum atomic E-state index is -4.85. The number of aromatic nitrogens is 4. The van der Waals surface area contributed by atoms with E-state index in [1.54, 1.807) is 78.7 Å². The molecule has 0 aliphatic heterocycles. The Kier molecular flexibility index (Phi) is 37.8. The number of esters is 4. The highest BCUT2D eigenvalue weighted by Crippen LogP contribution is 2.36. The molecule has 0 saturated heterocycles. The summed E-state index contributed by atoms with van der Waals surface area (Å²) in [6, 6.07) is 31.4. The molecule has 0 spiro atoms. The predicted molar refractivity (Wildman–Crippen MR) is 375 cm³/mol. The number of ketones is 3. The SMILES string of the molecule is CC(=O)CC(=O)c1ccc(Br)s1.CC(=O)c1ccc(Br)s1.CCOC(=O)C(F)(F)F.CCOC(=O)CNN.CCOC(=O)Cn1nc(C)cc1-c1ccc(-c2cccc(S(C)(=O)=O)c2)s1.CCOC(=O)Cn1nc(C)cc1-c1ccc(Br)s1.CS(=O)(=O)c1cccc(B(O)O)c1. The topological polar surface area (TPSA) is 339 Å². The first-order valence-corrected chi connectivity index (χ1v) is 37.4. The smallest absolute Gasteiger partial charge is 0.465 e. The van der Waals surface area contributed by atoms with Crippen LogP contribution in [0.1, 0.15) is 78.7 Å². The number of carbonyl (C=O) groups excluding carboxylic acids is 7. The maximum atomic E-state index is 11.8. The molecule has 5 N–H and O–H groups in total. The Bertz CT molecular complexity index is 4090. The Morgan fingerprint density at radius 2 is 1.01 bits per heavy atom. The van der Waals surface area contributed by atoms with Crippen LogP contribution in [-0.2, 0) is 75.7 Å². The van der Waals surface area contributed by atoms with Crippen molar-refractivity contribution in [2.45, 2.75) is 90.9 Å². The van der Waals surface area contributed by atoms with Gasteiger partial charge in [-0.2, -0.15) is 23.4 Å². The Hall–Kier alpha value is -6.42. The molecule has 96 heavy (non-hydrogen) atoms. The number of halogens is 6. The third kappa shape index (κ3) is 32.3. The van der Waals surface area contributed by atoms with Crippen molar-refractivity contribution in [1.82, 2.24) is 25.0 Å². The van der Waals surface area contributed by atoms with Crippen LogP contribution in [0.4, 0.5) is 13.2 Å². The standard InChI is InChI=1S/C19H20N2O4S2.C12H13BrN2O2S.C8H7BrO2S.C7H9BO4S.C6H5BrOS.C4H5F3O2.C4H10N2O2/c1-4-25-19(22)12-21-16(10-13(2)20-21)18-9-8-17(26-18)14-6-5-7-15(11-14)27(3,23)24;1-3-17-12(16)7-15-9(6-8(2)14-15)10-4-5-11(13)18-10;1-5(10)4-6(11)7-2-3-8(9)12-7;1-13(11,12)7-4-2-3-6(5-7)8(9)10;1-4(8)5-2-3-6(7)9-5;1-2-9-3(8)4(5,6)7;1-2-8-4(7)3-6-5/h5-11H,4,12H2,1-3H3;4-6H,3,7H2,1-2H3;2-3H,4H2,1H3;2-5,9-10H,1H3;2-3H,1H3;2H2,1H3;6H,2-3,5H2,1H3. The van der Waals surface area contributed by atoms with Gasteiger partial charge in [-0.05, 0) is 199 Å². The maximum Gasteiger partial charge on any atom is 0.490 e. The number of nitrogens with two attached hydrogens (primary N) is 1. The number of nitrogens with zero attached hydrogens (tertiary/aromatic N) is 4. The van der Waals surface area contributed by atoms with E-state index in [0.29, 0.717) is 24.7 Å². The molecule has 0 amide bonds. The second-order valence-corrected chi connectivity index (χ2v) is 31.5. The molecule has 0 fully saturated rings. The van der Waals surface area contributed by atoms with Crippen molar-refractivity contribution >= 4 is 167 Å². The summed E-state index contributed by atoms with van der Waals surface area (Å²) in [7, 11) is -8.18. The van der Waals surface area contributed by atoms with Crippen LogP contribution in [-0.4, -0.2) is 146 Å². The minimum absolute atomic E-state index is 0.00690. The number of ether oxygens (including phenoxy) is 4. The minimum Gasteiger partial charge on any atom is -0.465 e. The van der Waals surface area contributed by atoms with Gasteiger partial charge in [-0.25, -0.2) is 27.1 Å². The summed E-state index contributed by atoms with van der Waals surface area (Å²) in [5, 5.41) is 26.3. The van der Waals surface area contributed by atoms with Crippen LogP contribution >= 0.6 is 93.1 Å². The summed E-state index contributed by atoms with van der Waals surface area (Å²) < 4.78 is 104. The largest absolute Gasteiger partial charge is 0.490 e. The number of hydrogen-bond donors (Lipinski definition) is 4. The zero-order valence-electron chi connectivity index (χ0n) is 53.2. The number of rotatable bonds is 20. The molecule has 0 aliphatic rings. The van der Waals surface area contributed by atoms with E-state index < -0.39 is 38.9 Å². The van der Waals surface area contributed by atoms with Crippen molar-refractivity contribution in [2.75, 3.05) is 45.5 Å². The number of carbonyl (C=O) groups is 7. The van der Waals surface area contributed by atoms with Gasteiger partial charge in [0.2, 0.25) is 0 Å². The van der Waals surface area contributed by atoms with E-state index in [9.17, 15) is 63.6 Å². The van der Waals surface area contributed by atoms with Crippen molar-refractivity contribution in [3.8, 4) is 31.6 Å². The lowest BCUT2D eigenvalue weighted by molar-refractivity contribution is -0.199. The summed E-state index contributed by atoms with van der Waals surface area (Å²) >= 11 is 15.9. The van der Waals surface area contributed by atoms with Crippen LogP contribution in [0.5, 0.6) is 0 Å². The van der Waals surface area contributed by atoms with Crippen molar-refractivity contribution < 1.29 is 92.6 Å². The zero-order valence-corrected chi connectivity index (χ0v) is 62.9. The Morgan fingerprint density at radius 3 is 1.40 bits per heavy atom. The summed E-state index contributed by atoms with van der Waals surface area (Å²) in [5.74, 6) is 1.69. The normalized spacial score (nSPS) is 10.7. The summed E-state index contributed by atoms with van der Waals surface area (Å²) in [4.78, 5) is 80.6. The number of alkyl halides is 3. The van der Waals surface area contributed by atoms with E-state index in [4.69, 9.17) is 25.4 Å². The highest BCUT2D eigenvalue weighted by Gasteiger charge is 2.40. The van der Waals surface area contributed by atoms with Crippen molar-refractivity contribution in [2.24, 2.45) is 5.84 Å². The molecule has 2 aromatic carbocycles. The van der Waals surface area contributed by atoms with Gasteiger partial charge in [0.05, 0.1) is 96.3 Å². The van der Waals surface area contributed by atoms with Crippen molar-refractivity contribution in [3.05, 3.63) is 142 Å². The Labute approximate surface area is 594 Å².